The molecule has 210 valence electrons. The van der Waals surface area contributed by atoms with Gasteiger partial charge in [-0.15, -0.1) is 0 Å². The van der Waals surface area contributed by atoms with Gasteiger partial charge in [0.05, 0.1) is 11.7 Å². The van der Waals surface area contributed by atoms with Crippen molar-refractivity contribution in [2.24, 2.45) is 52.3 Å². The Kier molecular flexibility index (Phi) is 6.81. The fourth-order valence-electron chi connectivity index (χ4n) is 11.0. The Morgan fingerprint density at radius 1 is 1.00 bits per heavy atom. The van der Waals surface area contributed by atoms with Gasteiger partial charge in [0.25, 0.3) is 0 Å². The van der Waals surface area contributed by atoms with Gasteiger partial charge < -0.3 is 9.47 Å². The number of epoxide rings is 1. The summed E-state index contributed by atoms with van der Waals surface area (Å²) in [5.41, 5.74) is 1.29. The first kappa shape index (κ1) is 26.9. The van der Waals surface area contributed by atoms with E-state index in [1.807, 2.05) is 30.3 Å². The Balaban J connectivity index is 1.17. The Morgan fingerprint density at radius 3 is 2.50 bits per heavy atom. The lowest BCUT2D eigenvalue weighted by Crippen LogP contribution is -2.61. The predicted molar refractivity (Wildman–Crippen MR) is 153 cm³/mol. The summed E-state index contributed by atoms with van der Waals surface area (Å²) in [5, 5.41) is 0. The number of hydrogen-bond acceptors (Lipinski definition) is 3. The van der Waals surface area contributed by atoms with Gasteiger partial charge in [-0.05, 0) is 97.5 Å². The van der Waals surface area contributed by atoms with E-state index in [1.165, 1.54) is 44.9 Å². The van der Waals surface area contributed by atoms with Crippen molar-refractivity contribution < 1.29 is 14.3 Å². The Labute approximate surface area is 231 Å². The zero-order valence-electron chi connectivity index (χ0n) is 24.9. The molecule has 4 aliphatic carbocycles. The lowest BCUT2D eigenvalue weighted by atomic mass is 9.42. The summed E-state index contributed by atoms with van der Waals surface area (Å²) in [4.78, 5) is 12.8. The molecule has 0 radical (unpaired) electrons. The molecule has 1 aromatic carbocycles. The average molecular weight is 521 g/mol. The van der Waals surface area contributed by atoms with Crippen LogP contribution in [0.1, 0.15) is 116 Å². The molecule has 1 aliphatic heterocycles. The van der Waals surface area contributed by atoms with Crippen LogP contribution in [0.3, 0.4) is 0 Å². The standard InChI is InChI=1S/C35H52O3/c1-22(2)11-10-12-23(3)27-15-16-28-30-24(4)31-35(38-31)21-26(37-32(36)25-13-8-7-9-14-25)17-20-34(35,6)29(30)18-19-33(27,28)5/h7-9,13-14,22-24,26-31H,10-12,15-21H2,1-6H3. The van der Waals surface area contributed by atoms with Crippen molar-refractivity contribution in [3.05, 3.63) is 35.9 Å². The molecule has 11 atom stereocenters. The lowest BCUT2D eigenvalue weighted by Gasteiger charge is -2.61. The largest absolute Gasteiger partial charge is 0.459 e. The molecule has 6 rings (SSSR count). The second kappa shape index (κ2) is 9.64. The maximum atomic E-state index is 12.8. The highest BCUT2D eigenvalue weighted by atomic mass is 16.6. The first-order chi connectivity index (χ1) is 18.1. The van der Waals surface area contributed by atoms with E-state index in [-0.39, 0.29) is 23.1 Å². The molecule has 0 bridgehead atoms. The zero-order valence-corrected chi connectivity index (χ0v) is 24.9. The van der Waals surface area contributed by atoms with Gasteiger partial charge in [0.1, 0.15) is 11.7 Å². The second-order valence-electron chi connectivity index (χ2n) is 15.2. The quantitative estimate of drug-likeness (QED) is 0.266. The summed E-state index contributed by atoms with van der Waals surface area (Å²) in [6.07, 6.45) is 13.1. The van der Waals surface area contributed by atoms with Gasteiger partial charge in [0, 0.05) is 11.8 Å². The number of rotatable bonds is 7. The van der Waals surface area contributed by atoms with Crippen LogP contribution in [-0.4, -0.2) is 23.8 Å². The molecule has 1 aromatic rings. The molecule has 11 unspecified atom stereocenters. The van der Waals surface area contributed by atoms with Crippen molar-refractivity contribution in [1.82, 2.24) is 0 Å². The number of fused-ring (bicyclic) bond motifs is 4. The third-order valence-electron chi connectivity index (χ3n) is 12.9. The summed E-state index contributed by atoms with van der Waals surface area (Å²) in [7, 11) is 0. The van der Waals surface area contributed by atoms with Crippen molar-refractivity contribution in [1.29, 1.82) is 0 Å². The fraction of sp³-hybridized carbons (Fsp3) is 0.800. The highest BCUT2D eigenvalue weighted by molar-refractivity contribution is 5.89. The molecular weight excluding hydrogens is 468 g/mol. The van der Waals surface area contributed by atoms with E-state index in [0.717, 1.165) is 54.8 Å². The summed E-state index contributed by atoms with van der Waals surface area (Å²) < 4.78 is 12.9. The van der Waals surface area contributed by atoms with Crippen LogP contribution in [0.5, 0.6) is 0 Å². The van der Waals surface area contributed by atoms with E-state index in [2.05, 4.69) is 41.5 Å². The van der Waals surface area contributed by atoms with Crippen LogP contribution < -0.4 is 0 Å². The fourth-order valence-corrected chi connectivity index (χ4v) is 11.0. The van der Waals surface area contributed by atoms with Crippen molar-refractivity contribution in [3.63, 3.8) is 0 Å². The van der Waals surface area contributed by atoms with E-state index in [4.69, 9.17) is 9.47 Å². The van der Waals surface area contributed by atoms with Crippen LogP contribution in [-0.2, 0) is 9.47 Å². The van der Waals surface area contributed by atoms with Crippen molar-refractivity contribution >= 4 is 5.97 Å². The molecule has 38 heavy (non-hydrogen) atoms. The first-order valence-electron chi connectivity index (χ1n) is 16.0. The van der Waals surface area contributed by atoms with Gasteiger partial charge >= 0.3 is 5.97 Å². The molecule has 0 amide bonds. The zero-order chi connectivity index (χ0) is 26.9. The molecular formula is C35H52O3. The topological polar surface area (TPSA) is 38.8 Å². The minimum atomic E-state index is -0.178. The van der Waals surface area contributed by atoms with E-state index in [9.17, 15) is 4.79 Å². The van der Waals surface area contributed by atoms with Crippen molar-refractivity contribution in [3.8, 4) is 0 Å². The van der Waals surface area contributed by atoms with Gasteiger partial charge in [-0.2, -0.15) is 0 Å². The average Bonchev–Trinajstić information content (AvgIpc) is 3.51. The van der Waals surface area contributed by atoms with Gasteiger partial charge in [-0.3, -0.25) is 0 Å². The van der Waals surface area contributed by atoms with Crippen LogP contribution >= 0.6 is 0 Å². The van der Waals surface area contributed by atoms with Gasteiger partial charge in [0.2, 0.25) is 0 Å². The van der Waals surface area contributed by atoms with Crippen LogP contribution in [0.4, 0.5) is 0 Å². The summed E-state index contributed by atoms with van der Waals surface area (Å²) >= 11 is 0. The number of carbonyl (C=O) groups is 1. The van der Waals surface area contributed by atoms with Crippen LogP contribution in [0.15, 0.2) is 30.3 Å². The first-order valence-corrected chi connectivity index (χ1v) is 16.0. The molecule has 3 nitrogen and oxygen atoms in total. The molecule has 5 aliphatic rings. The molecule has 3 heteroatoms. The molecule has 5 fully saturated rings. The van der Waals surface area contributed by atoms with Crippen molar-refractivity contribution in [2.75, 3.05) is 0 Å². The predicted octanol–water partition coefficient (Wildman–Crippen LogP) is 8.71. The Hall–Kier alpha value is -1.35. The summed E-state index contributed by atoms with van der Waals surface area (Å²) in [6, 6.07) is 9.48. The highest BCUT2D eigenvalue weighted by Crippen LogP contribution is 2.75. The van der Waals surface area contributed by atoms with Crippen LogP contribution in [0, 0.1) is 52.3 Å². The van der Waals surface area contributed by atoms with Gasteiger partial charge in [-0.1, -0.05) is 79.0 Å². The second-order valence-corrected chi connectivity index (χ2v) is 15.2. The van der Waals surface area contributed by atoms with Gasteiger partial charge in [-0.25, -0.2) is 4.79 Å². The van der Waals surface area contributed by atoms with Gasteiger partial charge in [0.15, 0.2) is 0 Å². The molecule has 4 saturated carbocycles. The molecule has 1 saturated heterocycles. The van der Waals surface area contributed by atoms with E-state index in [1.54, 1.807) is 0 Å². The van der Waals surface area contributed by atoms with Crippen LogP contribution in [0.25, 0.3) is 0 Å². The monoisotopic (exact) mass is 520 g/mol. The van der Waals surface area contributed by atoms with E-state index >= 15 is 0 Å². The number of esters is 1. The maximum Gasteiger partial charge on any atom is 0.338 e. The number of hydrogen-bond donors (Lipinski definition) is 0. The SMILES string of the molecule is CC(C)CCCC(C)C1CCC2C3C(C)C4OC45CC(OC(=O)c4ccccc4)CCC5(C)C3CCC12C. The maximum absolute atomic E-state index is 12.8. The number of benzene rings is 1. The minimum absolute atomic E-state index is 0.0269. The van der Waals surface area contributed by atoms with Crippen molar-refractivity contribution in [2.45, 2.75) is 124 Å². The summed E-state index contributed by atoms with van der Waals surface area (Å²) in [6.45, 7) is 15.1. The Morgan fingerprint density at radius 2 is 1.76 bits per heavy atom. The third-order valence-corrected chi connectivity index (χ3v) is 12.9. The van der Waals surface area contributed by atoms with E-state index in [0.29, 0.717) is 23.0 Å². The molecule has 1 spiro atoms. The molecule has 1 heterocycles. The smallest absolute Gasteiger partial charge is 0.338 e. The molecule has 0 N–H and O–H groups in total. The third kappa shape index (κ3) is 4.03. The summed E-state index contributed by atoms with van der Waals surface area (Å²) in [5.74, 6) is 5.37. The lowest BCUT2D eigenvalue weighted by molar-refractivity contribution is -0.132. The van der Waals surface area contributed by atoms with E-state index < -0.39 is 0 Å². The minimum Gasteiger partial charge on any atom is -0.459 e. The number of ether oxygens (including phenoxy) is 2. The van der Waals surface area contributed by atoms with Crippen LogP contribution in [0.2, 0.25) is 0 Å². The highest BCUT2D eigenvalue weighted by Gasteiger charge is 2.78. The Bertz CT molecular complexity index is 1020. The molecule has 0 aromatic heterocycles. The number of carbonyl (C=O) groups excluding carboxylic acids is 1. The normalized spacial score (nSPS) is 45.9.